The number of carbonyl (C=O) groups is 1. The number of unbranched alkanes of at least 4 members (excludes halogenated alkanes) is 2. The summed E-state index contributed by atoms with van der Waals surface area (Å²) < 4.78 is 10.5. The van der Waals surface area contributed by atoms with Gasteiger partial charge in [-0.25, -0.2) is 14.8 Å². The molecule has 0 spiro atoms. The standard InChI is InChI=1S/C20H26N2O3/c1-4-6-7-8-16-13-21-19(22-14-16)17-9-11-18(12-10-17)25-20(23)15(3)24-5-2/h9-15H,4-8H2,1-3H3. The van der Waals surface area contributed by atoms with E-state index < -0.39 is 12.1 Å². The highest BCUT2D eigenvalue weighted by Crippen LogP contribution is 2.20. The Bertz CT molecular complexity index is 654. The summed E-state index contributed by atoms with van der Waals surface area (Å²) in [5.41, 5.74) is 2.05. The lowest BCUT2D eigenvalue weighted by Gasteiger charge is -2.11. The average Bonchev–Trinajstić information content (AvgIpc) is 2.63. The molecule has 5 nitrogen and oxygen atoms in total. The van der Waals surface area contributed by atoms with E-state index in [9.17, 15) is 4.79 Å². The monoisotopic (exact) mass is 342 g/mol. The molecular formula is C20H26N2O3. The molecule has 5 heteroatoms. The minimum Gasteiger partial charge on any atom is -0.425 e. The van der Waals surface area contributed by atoms with Crippen LogP contribution in [0.2, 0.25) is 0 Å². The first-order valence-electron chi connectivity index (χ1n) is 8.88. The van der Waals surface area contributed by atoms with Gasteiger partial charge in [0.1, 0.15) is 5.75 Å². The van der Waals surface area contributed by atoms with Crippen LogP contribution in [0.4, 0.5) is 0 Å². The normalized spacial score (nSPS) is 12.0. The molecule has 0 fully saturated rings. The Morgan fingerprint density at radius 3 is 2.36 bits per heavy atom. The van der Waals surface area contributed by atoms with Gasteiger partial charge in [-0.15, -0.1) is 0 Å². The first-order valence-corrected chi connectivity index (χ1v) is 8.88. The number of rotatable bonds is 9. The Hall–Kier alpha value is -2.27. The maximum absolute atomic E-state index is 11.8. The number of aromatic nitrogens is 2. The molecular weight excluding hydrogens is 316 g/mol. The van der Waals surface area contributed by atoms with E-state index in [1.807, 2.05) is 31.5 Å². The zero-order valence-electron chi connectivity index (χ0n) is 15.2. The number of nitrogens with zero attached hydrogens (tertiary/aromatic N) is 2. The molecule has 0 radical (unpaired) electrons. The fraction of sp³-hybridized carbons (Fsp3) is 0.450. The zero-order valence-corrected chi connectivity index (χ0v) is 15.2. The van der Waals surface area contributed by atoms with Crippen molar-refractivity contribution in [1.29, 1.82) is 0 Å². The Morgan fingerprint density at radius 1 is 1.08 bits per heavy atom. The average molecular weight is 342 g/mol. The first kappa shape index (κ1) is 19.1. The van der Waals surface area contributed by atoms with Crippen LogP contribution >= 0.6 is 0 Å². The molecule has 134 valence electrons. The van der Waals surface area contributed by atoms with E-state index in [4.69, 9.17) is 9.47 Å². The predicted molar refractivity (Wildman–Crippen MR) is 97.4 cm³/mol. The number of carbonyl (C=O) groups excluding carboxylic acids is 1. The van der Waals surface area contributed by atoms with Crippen molar-refractivity contribution in [2.75, 3.05) is 6.61 Å². The summed E-state index contributed by atoms with van der Waals surface area (Å²) in [4.78, 5) is 20.7. The van der Waals surface area contributed by atoms with Crippen molar-refractivity contribution in [3.05, 3.63) is 42.2 Å². The third-order valence-corrected chi connectivity index (χ3v) is 3.85. The molecule has 0 saturated carbocycles. The van der Waals surface area contributed by atoms with E-state index in [0.29, 0.717) is 18.2 Å². The van der Waals surface area contributed by atoms with Crippen LogP contribution < -0.4 is 4.74 Å². The van der Waals surface area contributed by atoms with Crippen molar-refractivity contribution in [3.63, 3.8) is 0 Å². The van der Waals surface area contributed by atoms with E-state index in [2.05, 4.69) is 16.9 Å². The van der Waals surface area contributed by atoms with Crippen LogP contribution in [0.3, 0.4) is 0 Å². The zero-order chi connectivity index (χ0) is 18.1. The van der Waals surface area contributed by atoms with Gasteiger partial charge in [-0.05, 0) is 56.5 Å². The fourth-order valence-electron chi connectivity index (χ4n) is 2.40. The summed E-state index contributed by atoms with van der Waals surface area (Å²) in [5.74, 6) is 0.749. The van der Waals surface area contributed by atoms with Crippen molar-refractivity contribution in [2.45, 2.75) is 52.6 Å². The maximum atomic E-state index is 11.8. The summed E-state index contributed by atoms with van der Waals surface area (Å²) in [5, 5.41) is 0. The van der Waals surface area contributed by atoms with Crippen molar-refractivity contribution in [1.82, 2.24) is 9.97 Å². The molecule has 25 heavy (non-hydrogen) atoms. The van der Waals surface area contributed by atoms with Crippen LogP contribution in [0.25, 0.3) is 11.4 Å². The number of benzene rings is 1. The van der Waals surface area contributed by atoms with E-state index >= 15 is 0 Å². The highest BCUT2D eigenvalue weighted by atomic mass is 16.6. The van der Waals surface area contributed by atoms with Crippen LogP contribution in [-0.2, 0) is 16.0 Å². The summed E-state index contributed by atoms with van der Waals surface area (Å²) >= 11 is 0. The SMILES string of the molecule is CCCCCc1cnc(-c2ccc(OC(=O)C(C)OCC)cc2)nc1. The third kappa shape index (κ3) is 5.94. The van der Waals surface area contributed by atoms with E-state index in [0.717, 1.165) is 17.5 Å². The largest absolute Gasteiger partial charge is 0.425 e. The second kappa shape index (κ2) is 9.89. The molecule has 1 unspecified atom stereocenters. The first-order chi connectivity index (χ1) is 12.1. The van der Waals surface area contributed by atoms with Crippen LogP contribution in [0.5, 0.6) is 5.75 Å². The van der Waals surface area contributed by atoms with Crippen LogP contribution in [0.15, 0.2) is 36.7 Å². The van der Waals surface area contributed by atoms with Gasteiger partial charge in [-0.3, -0.25) is 0 Å². The molecule has 0 aliphatic carbocycles. The number of esters is 1. The van der Waals surface area contributed by atoms with Gasteiger partial charge in [0.25, 0.3) is 0 Å². The van der Waals surface area contributed by atoms with Crippen LogP contribution in [0, 0.1) is 0 Å². The van der Waals surface area contributed by atoms with E-state index in [-0.39, 0.29) is 0 Å². The van der Waals surface area contributed by atoms with Crippen LogP contribution in [0.1, 0.15) is 45.6 Å². The molecule has 2 aromatic rings. The van der Waals surface area contributed by atoms with E-state index in [1.165, 1.54) is 19.3 Å². The van der Waals surface area contributed by atoms with E-state index in [1.54, 1.807) is 19.1 Å². The number of ether oxygens (including phenoxy) is 2. The predicted octanol–water partition coefficient (Wildman–Crippen LogP) is 4.21. The van der Waals surface area contributed by atoms with Crippen molar-refractivity contribution in [2.24, 2.45) is 0 Å². The Morgan fingerprint density at radius 2 is 1.76 bits per heavy atom. The number of hydrogen-bond acceptors (Lipinski definition) is 5. The molecule has 0 aliphatic rings. The Balaban J connectivity index is 1.96. The minimum absolute atomic E-state index is 0.401. The molecule has 2 rings (SSSR count). The van der Waals surface area contributed by atoms with Gasteiger partial charge >= 0.3 is 5.97 Å². The maximum Gasteiger partial charge on any atom is 0.340 e. The van der Waals surface area contributed by atoms with Gasteiger partial charge < -0.3 is 9.47 Å². The number of aryl methyl sites for hydroxylation is 1. The molecule has 1 aromatic carbocycles. The summed E-state index contributed by atoms with van der Waals surface area (Å²) in [6.45, 7) is 6.18. The lowest BCUT2D eigenvalue weighted by molar-refractivity contribution is -0.145. The minimum atomic E-state index is -0.576. The summed E-state index contributed by atoms with van der Waals surface area (Å²) in [6.07, 6.45) is 7.81. The molecule has 1 heterocycles. The van der Waals surface area contributed by atoms with Crippen molar-refractivity contribution >= 4 is 5.97 Å². The van der Waals surface area contributed by atoms with Gasteiger partial charge in [0.2, 0.25) is 0 Å². The van der Waals surface area contributed by atoms with Crippen molar-refractivity contribution in [3.8, 4) is 17.1 Å². The quantitative estimate of drug-likeness (QED) is 0.388. The summed E-state index contributed by atoms with van der Waals surface area (Å²) in [7, 11) is 0. The Labute approximate surface area is 149 Å². The molecule has 0 aliphatic heterocycles. The van der Waals surface area contributed by atoms with Crippen LogP contribution in [-0.4, -0.2) is 28.6 Å². The fourth-order valence-corrected chi connectivity index (χ4v) is 2.40. The van der Waals surface area contributed by atoms with Gasteiger partial charge in [0.05, 0.1) is 0 Å². The third-order valence-electron chi connectivity index (χ3n) is 3.85. The lowest BCUT2D eigenvalue weighted by Crippen LogP contribution is -2.25. The molecule has 1 atom stereocenters. The molecule has 1 aromatic heterocycles. The smallest absolute Gasteiger partial charge is 0.340 e. The van der Waals surface area contributed by atoms with Gasteiger partial charge in [0, 0.05) is 24.6 Å². The second-order valence-corrected chi connectivity index (χ2v) is 5.92. The molecule has 0 saturated heterocycles. The second-order valence-electron chi connectivity index (χ2n) is 5.92. The number of hydrogen-bond donors (Lipinski definition) is 0. The highest BCUT2D eigenvalue weighted by Gasteiger charge is 2.15. The molecule has 0 bridgehead atoms. The molecule has 0 N–H and O–H groups in total. The van der Waals surface area contributed by atoms with Gasteiger partial charge in [-0.2, -0.15) is 0 Å². The van der Waals surface area contributed by atoms with Gasteiger partial charge in [-0.1, -0.05) is 19.8 Å². The topological polar surface area (TPSA) is 61.3 Å². The summed E-state index contributed by atoms with van der Waals surface area (Å²) in [6, 6.07) is 7.18. The Kier molecular flexibility index (Phi) is 7.54. The van der Waals surface area contributed by atoms with Gasteiger partial charge in [0.15, 0.2) is 11.9 Å². The molecule has 0 amide bonds. The van der Waals surface area contributed by atoms with Crippen molar-refractivity contribution < 1.29 is 14.3 Å². The lowest BCUT2D eigenvalue weighted by atomic mass is 10.1. The highest BCUT2D eigenvalue weighted by molar-refractivity contribution is 5.77.